The van der Waals surface area contributed by atoms with Crippen LogP contribution in [0.15, 0.2) is 52.2 Å². The van der Waals surface area contributed by atoms with Gasteiger partial charge in [0.25, 0.3) is 10.0 Å². The van der Waals surface area contributed by atoms with Gasteiger partial charge in [-0.25, -0.2) is 18.2 Å². The van der Waals surface area contributed by atoms with Gasteiger partial charge in [0.2, 0.25) is 0 Å². The fourth-order valence-corrected chi connectivity index (χ4v) is 8.30. The lowest BCUT2D eigenvalue weighted by molar-refractivity contribution is -0.192. The highest BCUT2D eigenvalue weighted by molar-refractivity contribution is 7.94. The molecule has 1 saturated heterocycles. The Morgan fingerprint density at radius 3 is 2.68 bits per heavy atom. The second kappa shape index (κ2) is 14.8. The number of para-hydroxylation sites is 1. The fourth-order valence-electron chi connectivity index (χ4n) is 4.82. The number of carboxylic acids is 1. The number of sulfonamides is 1. The second-order valence-electron chi connectivity index (χ2n) is 9.87. The van der Waals surface area contributed by atoms with Crippen LogP contribution in [0.3, 0.4) is 0 Å². The predicted octanol–water partition coefficient (Wildman–Crippen LogP) is 5.56. The van der Waals surface area contributed by atoms with Crippen LogP contribution in [0.4, 0.5) is 18.9 Å². The van der Waals surface area contributed by atoms with Gasteiger partial charge in [0.15, 0.2) is 0 Å². The molecule has 1 atom stereocenters. The van der Waals surface area contributed by atoms with E-state index in [2.05, 4.69) is 14.9 Å². The van der Waals surface area contributed by atoms with Crippen molar-refractivity contribution in [1.82, 2.24) is 14.9 Å². The van der Waals surface area contributed by atoms with Crippen LogP contribution in [0.25, 0.3) is 21.6 Å². The van der Waals surface area contributed by atoms with Crippen molar-refractivity contribution >= 4 is 55.3 Å². The first-order valence-electron chi connectivity index (χ1n) is 13.8. The number of alkyl halides is 3. The maximum Gasteiger partial charge on any atom is 0.490 e. The Hall–Kier alpha value is -3.02. The molecule has 0 amide bonds. The summed E-state index contributed by atoms with van der Waals surface area (Å²) in [7, 11) is -3.75. The molecule has 4 heterocycles. The molecule has 16 heteroatoms. The Labute approximate surface area is 260 Å². The van der Waals surface area contributed by atoms with Crippen LogP contribution in [0, 0.1) is 0 Å². The normalized spacial score (nSPS) is 16.1. The van der Waals surface area contributed by atoms with Gasteiger partial charge in [-0.1, -0.05) is 24.6 Å². The summed E-state index contributed by atoms with van der Waals surface area (Å²) < 4.78 is 66.2. The van der Waals surface area contributed by atoms with Crippen molar-refractivity contribution in [2.45, 2.75) is 49.2 Å². The minimum atomic E-state index is -5.08. The number of fused-ring (bicyclic) bond motifs is 1. The number of nitrogens with zero attached hydrogens (tertiary/aromatic N) is 3. The number of aliphatic hydroxyl groups is 1. The van der Waals surface area contributed by atoms with Crippen LogP contribution < -0.4 is 4.31 Å². The summed E-state index contributed by atoms with van der Waals surface area (Å²) in [6.45, 7) is 4.88. The van der Waals surface area contributed by atoms with Crippen molar-refractivity contribution in [2.24, 2.45) is 0 Å². The molecular formula is C28H33F3N4O6S3. The number of aromatic amines is 1. The van der Waals surface area contributed by atoms with Crippen LogP contribution in [0.2, 0.25) is 0 Å². The molecule has 0 saturated carbocycles. The smallest absolute Gasteiger partial charge is 0.475 e. The molecule has 1 unspecified atom stereocenters. The van der Waals surface area contributed by atoms with Crippen molar-refractivity contribution in [3.8, 4) is 10.7 Å². The molecule has 0 spiro atoms. The minimum absolute atomic E-state index is 0.185. The average molecular weight is 675 g/mol. The van der Waals surface area contributed by atoms with Gasteiger partial charge in [0, 0.05) is 35.7 Å². The number of ether oxygens (including phenoxy) is 1. The van der Waals surface area contributed by atoms with Gasteiger partial charge >= 0.3 is 12.1 Å². The lowest BCUT2D eigenvalue weighted by Gasteiger charge is -2.34. The van der Waals surface area contributed by atoms with Crippen molar-refractivity contribution in [3.05, 3.63) is 52.9 Å². The first-order chi connectivity index (χ1) is 21.0. The summed E-state index contributed by atoms with van der Waals surface area (Å²) in [6.07, 6.45) is 0.171. The summed E-state index contributed by atoms with van der Waals surface area (Å²) in [4.78, 5) is 20.5. The van der Waals surface area contributed by atoms with Crippen LogP contribution in [-0.2, 0) is 26.1 Å². The highest BCUT2D eigenvalue weighted by Gasteiger charge is 2.38. The Balaban J connectivity index is 0.000000566. The number of piperidine rings is 1. The van der Waals surface area contributed by atoms with Gasteiger partial charge in [-0.2, -0.15) is 13.2 Å². The molecular weight excluding hydrogens is 642 g/mol. The first kappa shape index (κ1) is 33.9. The number of likely N-dealkylation sites (tertiary alicyclic amines) is 1. The molecule has 3 N–H and O–H groups in total. The second-order valence-corrected chi connectivity index (χ2v) is 14.0. The van der Waals surface area contributed by atoms with E-state index in [0.717, 1.165) is 58.8 Å². The Morgan fingerprint density at radius 1 is 1.25 bits per heavy atom. The third-order valence-corrected chi connectivity index (χ3v) is 11.1. The molecule has 1 aliphatic heterocycles. The number of rotatable bonds is 11. The number of hydrogen-bond acceptors (Lipinski definition) is 9. The van der Waals surface area contributed by atoms with Gasteiger partial charge in [-0.05, 0) is 49.9 Å². The zero-order valence-electron chi connectivity index (χ0n) is 23.8. The van der Waals surface area contributed by atoms with E-state index in [1.54, 1.807) is 28.8 Å². The van der Waals surface area contributed by atoms with E-state index >= 15 is 0 Å². The standard InChI is InChI=1S/C26H32N4O4S3.C2HF3O2/c1-2-34-13-12-30(37(32,33)24-10-6-14-35-24)23-9-5-7-19-15-22(28-25(19)23)26-27-16-21(36-26)17-29-11-4-3-8-20(29)18-31;3-2(4,5)1(6)7/h5-7,9-10,14-16,20,28,31H,2-4,8,11-13,17-18H2,1H3;(H,6,7). The van der Waals surface area contributed by atoms with E-state index in [1.165, 1.54) is 15.6 Å². The van der Waals surface area contributed by atoms with Crippen LogP contribution >= 0.6 is 22.7 Å². The highest BCUT2D eigenvalue weighted by atomic mass is 32.2. The summed E-state index contributed by atoms with van der Waals surface area (Å²) in [5.41, 5.74) is 2.20. The SMILES string of the molecule is CCOCCN(c1cccc2cc(-c3ncc(CN4CCCCC4CO)s3)[nH]c12)S(=O)(=O)c1cccs1.O=C(O)C(F)(F)F. The lowest BCUT2D eigenvalue weighted by atomic mass is 10.0. The van der Waals surface area contributed by atoms with Gasteiger partial charge in [0.1, 0.15) is 9.22 Å². The average Bonchev–Trinajstić information content (AvgIpc) is 3.77. The molecule has 10 nitrogen and oxygen atoms in total. The zero-order valence-corrected chi connectivity index (χ0v) is 26.2. The number of benzene rings is 1. The number of thiophene rings is 1. The van der Waals surface area contributed by atoms with E-state index < -0.39 is 22.2 Å². The number of nitrogens with one attached hydrogen (secondary N) is 1. The number of aromatic nitrogens is 2. The number of carboxylic acid groups (broad SMARTS) is 1. The minimum Gasteiger partial charge on any atom is -0.475 e. The Bertz CT molecular complexity index is 1620. The number of H-pyrrole nitrogens is 1. The number of aliphatic carboxylic acids is 1. The summed E-state index contributed by atoms with van der Waals surface area (Å²) >= 11 is 2.84. The summed E-state index contributed by atoms with van der Waals surface area (Å²) in [6, 6.07) is 11.3. The highest BCUT2D eigenvalue weighted by Crippen LogP contribution is 2.36. The third kappa shape index (κ3) is 8.17. The number of thiazole rings is 1. The molecule has 44 heavy (non-hydrogen) atoms. The van der Waals surface area contributed by atoms with Gasteiger partial charge in [-0.3, -0.25) is 9.21 Å². The van der Waals surface area contributed by atoms with E-state index in [-0.39, 0.29) is 19.2 Å². The molecule has 240 valence electrons. The molecule has 0 aliphatic carbocycles. The van der Waals surface area contributed by atoms with E-state index in [1.807, 2.05) is 37.4 Å². The number of carbonyl (C=O) groups is 1. The summed E-state index contributed by atoms with van der Waals surface area (Å²) in [5.74, 6) is -2.76. The van der Waals surface area contributed by atoms with E-state index in [0.29, 0.717) is 23.1 Å². The molecule has 4 aromatic rings. The first-order valence-corrected chi connectivity index (χ1v) is 16.9. The Kier molecular flexibility index (Phi) is 11.4. The zero-order chi connectivity index (χ0) is 31.9. The van der Waals surface area contributed by atoms with Gasteiger partial charge < -0.3 is 19.9 Å². The molecule has 0 bridgehead atoms. The molecule has 1 aliphatic rings. The molecule has 3 aromatic heterocycles. The van der Waals surface area contributed by atoms with Gasteiger partial charge in [0.05, 0.1) is 36.7 Å². The molecule has 0 radical (unpaired) electrons. The maximum absolute atomic E-state index is 13.6. The molecule has 1 fully saturated rings. The monoisotopic (exact) mass is 674 g/mol. The predicted molar refractivity (Wildman–Crippen MR) is 164 cm³/mol. The van der Waals surface area contributed by atoms with Crippen molar-refractivity contribution in [1.29, 1.82) is 0 Å². The number of halogens is 3. The van der Waals surface area contributed by atoms with Crippen LogP contribution in [0.5, 0.6) is 0 Å². The topological polar surface area (TPSA) is 136 Å². The quantitative estimate of drug-likeness (QED) is 0.176. The largest absolute Gasteiger partial charge is 0.490 e. The number of anilines is 1. The van der Waals surface area contributed by atoms with Gasteiger partial charge in [-0.15, -0.1) is 22.7 Å². The lowest BCUT2D eigenvalue weighted by Crippen LogP contribution is -2.40. The summed E-state index contributed by atoms with van der Waals surface area (Å²) in [5, 5.41) is 20.4. The van der Waals surface area contributed by atoms with Crippen LogP contribution in [-0.4, -0.2) is 84.6 Å². The van der Waals surface area contributed by atoms with Crippen molar-refractivity contribution in [2.75, 3.05) is 37.2 Å². The van der Waals surface area contributed by atoms with E-state index in [4.69, 9.17) is 14.6 Å². The maximum atomic E-state index is 13.6. The van der Waals surface area contributed by atoms with Crippen molar-refractivity contribution < 1.29 is 41.3 Å². The van der Waals surface area contributed by atoms with Crippen molar-refractivity contribution in [3.63, 3.8) is 0 Å². The number of aliphatic hydroxyl groups excluding tert-OH is 1. The Morgan fingerprint density at radius 2 is 2.02 bits per heavy atom. The van der Waals surface area contributed by atoms with Crippen LogP contribution in [0.1, 0.15) is 31.1 Å². The third-order valence-electron chi connectivity index (χ3n) is 6.93. The fraction of sp³-hybridized carbons (Fsp3) is 0.429. The molecule has 1 aromatic carbocycles. The molecule has 5 rings (SSSR count). The van der Waals surface area contributed by atoms with E-state index in [9.17, 15) is 26.7 Å². The number of hydrogen-bond donors (Lipinski definition) is 3.